The van der Waals surface area contributed by atoms with E-state index in [1.807, 2.05) is 0 Å². The van der Waals surface area contributed by atoms with Crippen LogP contribution in [0.5, 0.6) is 0 Å². The largest absolute Gasteiger partial charge is 0.469 e. The Morgan fingerprint density at radius 3 is 2.94 bits per heavy atom. The first-order valence-electron chi connectivity index (χ1n) is 5.57. The van der Waals surface area contributed by atoms with Crippen molar-refractivity contribution in [2.45, 2.75) is 26.3 Å². The van der Waals surface area contributed by atoms with Crippen LogP contribution in [0.25, 0.3) is 0 Å². The number of carbonyl (C=O) groups excluding carboxylic acids is 1. The highest BCUT2D eigenvalue weighted by atomic mass is 32.1. The van der Waals surface area contributed by atoms with Crippen molar-refractivity contribution in [1.82, 2.24) is 4.90 Å². The lowest BCUT2D eigenvalue weighted by Crippen LogP contribution is -2.24. The van der Waals surface area contributed by atoms with E-state index in [4.69, 9.17) is 0 Å². The Morgan fingerprint density at radius 2 is 2.38 bits per heavy atom. The maximum Gasteiger partial charge on any atom is 0.305 e. The molecule has 1 aromatic rings. The molecule has 90 valence electrons. The van der Waals surface area contributed by atoms with E-state index >= 15 is 0 Å². The molecule has 0 aliphatic heterocycles. The van der Waals surface area contributed by atoms with Crippen LogP contribution < -0.4 is 0 Å². The third kappa shape index (κ3) is 4.77. The van der Waals surface area contributed by atoms with Crippen molar-refractivity contribution in [3.05, 3.63) is 22.4 Å². The minimum Gasteiger partial charge on any atom is -0.469 e. The van der Waals surface area contributed by atoms with Crippen molar-refractivity contribution in [3.8, 4) is 0 Å². The number of methoxy groups -OCH3 is 1. The summed E-state index contributed by atoms with van der Waals surface area (Å²) in [6.45, 7) is 5.09. The highest BCUT2D eigenvalue weighted by Gasteiger charge is 2.06. The summed E-state index contributed by atoms with van der Waals surface area (Å²) >= 11 is 1.78. The molecule has 0 atom stereocenters. The molecule has 0 bridgehead atoms. The smallest absolute Gasteiger partial charge is 0.305 e. The summed E-state index contributed by atoms with van der Waals surface area (Å²) in [6.07, 6.45) is 1.38. The normalized spacial score (nSPS) is 10.7. The highest BCUT2D eigenvalue weighted by molar-refractivity contribution is 7.09. The Balaban J connectivity index is 2.24. The average molecular weight is 241 g/mol. The number of ether oxygens (including phenoxy) is 1. The number of rotatable bonds is 7. The van der Waals surface area contributed by atoms with Crippen molar-refractivity contribution in [3.63, 3.8) is 0 Å². The second-order valence-corrected chi connectivity index (χ2v) is 4.66. The van der Waals surface area contributed by atoms with Gasteiger partial charge in [-0.25, -0.2) is 0 Å². The summed E-state index contributed by atoms with van der Waals surface area (Å²) in [5.74, 6) is -0.118. The Hall–Kier alpha value is -0.870. The van der Waals surface area contributed by atoms with Gasteiger partial charge in [-0.2, -0.15) is 0 Å². The molecule has 0 radical (unpaired) electrons. The summed E-state index contributed by atoms with van der Waals surface area (Å²) in [6, 6.07) is 4.22. The van der Waals surface area contributed by atoms with Gasteiger partial charge in [0.1, 0.15) is 0 Å². The monoisotopic (exact) mass is 241 g/mol. The van der Waals surface area contributed by atoms with Gasteiger partial charge in [0.25, 0.3) is 0 Å². The molecule has 3 nitrogen and oxygen atoms in total. The number of carbonyl (C=O) groups is 1. The zero-order chi connectivity index (χ0) is 11.8. The van der Waals surface area contributed by atoms with Crippen LogP contribution in [0.1, 0.15) is 24.6 Å². The van der Waals surface area contributed by atoms with Crippen LogP contribution >= 0.6 is 11.3 Å². The molecule has 16 heavy (non-hydrogen) atoms. The lowest BCUT2D eigenvalue weighted by Gasteiger charge is -2.18. The van der Waals surface area contributed by atoms with Gasteiger partial charge in [0.2, 0.25) is 0 Å². The van der Waals surface area contributed by atoms with Crippen LogP contribution in [0.4, 0.5) is 0 Å². The van der Waals surface area contributed by atoms with E-state index in [1.54, 1.807) is 11.3 Å². The summed E-state index contributed by atoms with van der Waals surface area (Å²) in [7, 11) is 1.44. The van der Waals surface area contributed by atoms with Crippen LogP contribution in [-0.2, 0) is 16.1 Å². The number of esters is 1. The van der Waals surface area contributed by atoms with Crippen LogP contribution in [0.2, 0.25) is 0 Å². The first kappa shape index (κ1) is 13.2. The van der Waals surface area contributed by atoms with Crippen molar-refractivity contribution in [2.75, 3.05) is 20.2 Å². The second kappa shape index (κ2) is 7.41. The standard InChI is InChI=1S/C12H19NO2S/c1-3-13(8-4-7-12(14)15-2)10-11-6-5-9-16-11/h5-6,9H,3-4,7-8,10H2,1-2H3. The Morgan fingerprint density at radius 1 is 1.56 bits per heavy atom. The Kier molecular flexibility index (Phi) is 6.11. The summed E-state index contributed by atoms with van der Waals surface area (Å²) < 4.78 is 4.62. The quantitative estimate of drug-likeness (QED) is 0.687. The van der Waals surface area contributed by atoms with Crippen molar-refractivity contribution >= 4 is 17.3 Å². The van der Waals surface area contributed by atoms with Crippen LogP contribution in [0.3, 0.4) is 0 Å². The van der Waals surface area contributed by atoms with Crippen LogP contribution in [0.15, 0.2) is 17.5 Å². The Bertz CT molecular complexity index is 298. The molecular weight excluding hydrogens is 222 g/mol. The summed E-state index contributed by atoms with van der Waals surface area (Å²) in [4.78, 5) is 14.7. The molecule has 0 aliphatic carbocycles. The maximum absolute atomic E-state index is 11.0. The molecule has 0 fully saturated rings. The van der Waals surface area contributed by atoms with E-state index in [0.717, 1.165) is 26.1 Å². The molecule has 4 heteroatoms. The van der Waals surface area contributed by atoms with Crippen molar-refractivity contribution < 1.29 is 9.53 Å². The van der Waals surface area contributed by atoms with Crippen LogP contribution in [-0.4, -0.2) is 31.1 Å². The first-order valence-corrected chi connectivity index (χ1v) is 6.45. The van der Waals surface area contributed by atoms with E-state index in [1.165, 1.54) is 12.0 Å². The van der Waals surface area contributed by atoms with Gasteiger partial charge >= 0.3 is 5.97 Å². The third-order valence-electron chi connectivity index (χ3n) is 2.49. The molecule has 1 heterocycles. The lowest BCUT2D eigenvalue weighted by molar-refractivity contribution is -0.140. The summed E-state index contributed by atoms with van der Waals surface area (Å²) in [5.41, 5.74) is 0. The van der Waals surface area contributed by atoms with Gasteiger partial charge in [0.15, 0.2) is 0 Å². The van der Waals surface area contributed by atoms with E-state index in [9.17, 15) is 4.79 Å². The first-order chi connectivity index (χ1) is 7.76. The van der Waals surface area contributed by atoms with E-state index in [2.05, 4.69) is 34.1 Å². The number of hydrogen-bond donors (Lipinski definition) is 0. The maximum atomic E-state index is 11.0. The minimum atomic E-state index is -0.118. The SMILES string of the molecule is CCN(CCCC(=O)OC)Cc1cccs1. The predicted octanol–water partition coefficient (Wildman–Crippen LogP) is 2.52. The fraction of sp³-hybridized carbons (Fsp3) is 0.583. The van der Waals surface area contributed by atoms with Gasteiger partial charge < -0.3 is 4.74 Å². The number of thiophene rings is 1. The molecule has 0 aromatic carbocycles. The molecule has 0 aliphatic rings. The fourth-order valence-electron chi connectivity index (χ4n) is 1.52. The molecule has 0 unspecified atom stereocenters. The van der Waals surface area contributed by atoms with Gasteiger partial charge in [-0.05, 0) is 31.0 Å². The Labute approximate surface area is 101 Å². The molecule has 0 saturated heterocycles. The molecular formula is C12H19NO2S. The average Bonchev–Trinajstić information content (AvgIpc) is 2.80. The minimum absolute atomic E-state index is 0.118. The topological polar surface area (TPSA) is 29.5 Å². The number of hydrogen-bond acceptors (Lipinski definition) is 4. The van der Waals surface area contributed by atoms with E-state index in [-0.39, 0.29) is 5.97 Å². The zero-order valence-electron chi connectivity index (χ0n) is 9.94. The van der Waals surface area contributed by atoms with Crippen LogP contribution in [0, 0.1) is 0 Å². The molecule has 0 spiro atoms. The predicted molar refractivity (Wildman–Crippen MR) is 66.5 cm³/mol. The van der Waals surface area contributed by atoms with Gasteiger partial charge in [-0.15, -0.1) is 11.3 Å². The molecule has 0 amide bonds. The lowest BCUT2D eigenvalue weighted by atomic mass is 10.3. The molecule has 1 rings (SSSR count). The van der Waals surface area contributed by atoms with E-state index in [0.29, 0.717) is 6.42 Å². The summed E-state index contributed by atoms with van der Waals surface area (Å²) in [5, 5.41) is 2.09. The van der Waals surface area contributed by atoms with Crippen molar-refractivity contribution in [1.29, 1.82) is 0 Å². The fourth-order valence-corrected chi connectivity index (χ4v) is 2.27. The second-order valence-electron chi connectivity index (χ2n) is 3.63. The highest BCUT2D eigenvalue weighted by Crippen LogP contribution is 2.12. The van der Waals surface area contributed by atoms with Gasteiger partial charge in [0.05, 0.1) is 7.11 Å². The van der Waals surface area contributed by atoms with Gasteiger partial charge in [-0.3, -0.25) is 9.69 Å². The molecule has 1 aromatic heterocycles. The zero-order valence-corrected chi connectivity index (χ0v) is 10.8. The van der Waals surface area contributed by atoms with Crippen molar-refractivity contribution in [2.24, 2.45) is 0 Å². The molecule has 0 saturated carbocycles. The van der Waals surface area contributed by atoms with E-state index < -0.39 is 0 Å². The third-order valence-corrected chi connectivity index (χ3v) is 3.35. The molecule has 0 N–H and O–H groups in total. The van der Waals surface area contributed by atoms with Gasteiger partial charge in [0, 0.05) is 17.8 Å². The number of nitrogens with zero attached hydrogens (tertiary/aromatic N) is 1. The van der Waals surface area contributed by atoms with Gasteiger partial charge in [-0.1, -0.05) is 13.0 Å².